The number of rotatable bonds is 19. The highest BCUT2D eigenvalue weighted by Crippen LogP contribution is 2.34. The monoisotopic (exact) mass is 466 g/mol. The van der Waals surface area contributed by atoms with Crippen LogP contribution in [0.15, 0.2) is 48.5 Å². The standard InChI is InChI=1S/C31H46O3/c1-3-4-5-6-7-8-9-10-11-12-13-14-15-16-21-26(2)27-22-17-19-24-29(27)34-30-25-20-18-23-28(30)31(32)33/h17-20,22-26H,3-16,21H2,1-2H3,(H,32,33). The van der Waals surface area contributed by atoms with Crippen LogP contribution in [0.2, 0.25) is 0 Å². The highest BCUT2D eigenvalue weighted by Gasteiger charge is 2.15. The Balaban J connectivity index is 1.62. The molecule has 3 heteroatoms. The van der Waals surface area contributed by atoms with Crippen molar-refractivity contribution in [1.82, 2.24) is 0 Å². The van der Waals surface area contributed by atoms with E-state index in [-0.39, 0.29) is 5.56 Å². The first-order valence-corrected chi connectivity index (χ1v) is 13.7. The van der Waals surface area contributed by atoms with Gasteiger partial charge in [-0.2, -0.15) is 0 Å². The van der Waals surface area contributed by atoms with E-state index in [1.807, 2.05) is 24.3 Å². The molecule has 0 aliphatic rings. The van der Waals surface area contributed by atoms with Crippen molar-refractivity contribution in [3.05, 3.63) is 59.7 Å². The van der Waals surface area contributed by atoms with Crippen molar-refractivity contribution in [2.24, 2.45) is 0 Å². The number of para-hydroxylation sites is 2. The van der Waals surface area contributed by atoms with Crippen LogP contribution in [0.1, 0.15) is 132 Å². The number of hydrogen-bond acceptors (Lipinski definition) is 2. The summed E-state index contributed by atoms with van der Waals surface area (Å²) in [5, 5.41) is 9.44. The average Bonchev–Trinajstić information content (AvgIpc) is 2.84. The van der Waals surface area contributed by atoms with Crippen LogP contribution in [0, 0.1) is 0 Å². The summed E-state index contributed by atoms with van der Waals surface area (Å²) in [6, 6.07) is 14.9. The summed E-state index contributed by atoms with van der Waals surface area (Å²) in [7, 11) is 0. The molecule has 188 valence electrons. The molecule has 3 nitrogen and oxygen atoms in total. The molecule has 2 aromatic carbocycles. The fraction of sp³-hybridized carbons (Fsp3) is 0.581. The third kappa shape index (κ3) is 10.8. The highest BCUT2D eigenvalue weighted by molar-refractivity contribution is 5.90. The van der Waals surface area contributed by atoms with Crippen LogP contribution in [0.3, 0.4) is 0 Å². The fourth-order valence-corrected chi connectivity index (χ4v) is 4.63. The molecule has 0 saturated heterocycles. The predicted molar refractivity (Wildman–Crippen MR) is 143 cm³/mol. The Kier molecular flexibility index (Phi) is 14.1. The zero-order valence-corrected chi connectivity index (χ0v) is 21.6. The maximum absolute atomic E-state index is 11.5. The van der Waals surface area contributed by atoms with Gasteiger partial charge in [-0.05, 0) is 36.1 Å². The van der Waals surface area contributed by atoms with Gasteiger partial charge in [0.2, 0.25) is 0 Å². The summed E-state index contributed by atoms with van der Waals surface area (Å²) in [4.78, 5) is 11.5. The van der Waals surface area contributed by atoms with Crippen LogP contribution in [0.25, 0.3) is 0 Å². The molecule has 0 radical (unpaired) electrons. The van der Waals surface area contributed by atoms with E-state index in [4.69, 9.17) is 4.74 Å². The summed E-state index contributed by atoms with van der Waals surface area (Å²) in [5.41, 5.74) is 1.34. The Morgan fingerprint density at radius 3 is 1.74 bits per heavy atom. The molecule has 0 bridgehead atoms. The molecule has 0 saturated carbocycles. The maximum Gasteiger partial charge on any atom is 0.339 e. The normalized spacial score (nSPS) is 11.9. The van der Waals surface area contributed by atoms with Crippen molar-refractivity contribution in [2.75, 3.05) is 0 Å². The number of carbonyl (C=O) groups is 1. The van der Waals surface area contributed by atoms with Crippen LogP contribution in [0.5, 0.6) is 11.5 Å². The number of ether oxygens (including phenoxy) is 1. The first kappa shape index (κ1) is 28.0. The van der Waals surface area contributed by atoms with Gasteiger partial charge in [0.1, 0.15) is 17.1 Å². The summed E-state index contributed by atoms with van der Waals surface area (Å²) in [6.45, 7) is 4.52. The SMILES string of the molecule is CCCCCCCCCCCCCCCCC(C)c1ccccc1Oc1ccccc1C(=O)O. The second kappa shape index (κ2) is 17.2. The molecule has 0 spiro atoms. The molecular weight excluding hydrogens is 420 g/mol. The Morgan fingerprint density at radius 1 is 0.706 bits per heavy atom. The molecule has 1 unspecified atom stereocenters. The van der Waals surface area contributed by atoms with E-state index in [0.717, 1.165) is 17.7 Å². The third-order valence-corrected chi connectivity index (χ3v) is 6.78. The second-order valence-electron chi connectivity index (χ2n) is 9.73. The van der Waals surface area contributed by atoms with Gasteiger partial charge in [-0.3, -0.25) is 0 Å². The Hall–Kier alpha value is -2.29. The van der Waals surface area contributed by atoms with Gasteiger partial charge in [0.25, 0.3) is 0 Å². The summed E-state index contributed by atoms with van der Waals surface area (Å²) in [5.74, 6) is 0.564. The average molecular weight is 467 g/mol. The largest absolute Gasteiger partial charge is 0.478 e. The van der Waals surface area contributed by atoms with E-state index in [1.165, 1.54) is 89.9 Å². The summed E-state index contributed by atoms with van der Waals surface area (Å²) < 4.78 is 6.07. The predicted octanol–water partition coefficient (Wildman–Crippen LogP) is 10.2. The van der Waals surface area contributed by atoms with Crippen molar-refractivity contribution in [3.8, 4) is 11.5 Å². The van der Waals surface area contributed by atoms with Gasteiger partial charge in [-0.15, -0.1) is 0 Å². The van der Waals surface area contributed by atoms with E-state index in [1.54, 1.807) is 18.2 Å². The van der Waals surface area contributed by atoms with Gasteiger partial charge < -0.3 is 9.84 Å². The minimum Gasteiger partial charge on any atom is -0.478 e. The Bertz CT molecular complexity index is 814. The molecule has 2 rings (SSSR count). The molecule has 0 amide bonds. The number of hydrogen-bond donors (Lipinski definition) is 1. The lowest BCUT2D eigenvalue weighted by Gasteiger charge is -2.17. The van der Waals surface area contributed by atoms with Crippen molar-refractivity contribution in [1.29, 1.82) is 0 Å². The maximum atomic E-state index is 11.5. The molecule has 1 atom stereocenters. The molecule has 0 aliphatic carbocycles. The number of aromatic carboxylic acids is 1. The summed E-state index contributed by atoms with van der Waals surface area (Å²) in [6.07, 6.45) is 20.4. The number of carboxylic acids is 1. The first-order valence-electron chi connectivity index (χ1n) is 13.7. The Labute approximate surface area is 207 Å². The van der Waals surface area contributed by atoms with Gasteiger partial charge in [0.05, 0.1) is 0 Å². The second-order valence-corrected chi connectivity index (χ2v) is 9.73. The van der Waals surface area contributed by atoms with Crippen LogP contribution >= 0.6 is 0 Å². The Morgan fingerprint density at radius 2 is 1.18 bits per heavy atom. The minimum atomic E-state index is -0.969. The van der Waals surface area contributed by atoms with Gasteiger partial charge in [-0.1, -0.05) is 134 Å². The third-order valence-electron chi connectivity index (χ3n) is 6.78. The molecular formula is C31H46O3. The van der Waals surface area contributed by atoms with Crippen LogP contribution in [0.4, 0.5) is 0 Å². The minimum absolute atomic E-state index is 0.192. The highest BCUT2D eigenvalue weighted by atomic mass is 16.5. The van der Waals surface area contributed by atoms with Gasteiger partial charge >= 0.3 is 5.97 Å². The van der Waals surface area contributed by atoms with E-state index in [0.29, 0.717) is 11.7 Å². The number of unbranched alkanes of at least 4 members (excludes halogenated alkanes) is 13. The fourth-order valence-electron chi connectivity index (χ4n) is 4.63. The van der Waals surface area contributed by atoms with Gasteiger partial charge in [-0.25, -0.2) is 4.79 Å². The van der Waals surface area contributed by atoms with E-state index in [9.17, 15) is 9.90 Å². The van der Waals surface area contributed by atoms with E-state index >= 15 is 0 Å². The van der Waals surface area contributed by atoms with Gasteiger partial charge in [0.15, 0.2) is 0 Å². The van der Waals surface area contributed by atoms with Crippen LogP contribution in [-0.4, -0.2) is 11.1 Å². The topological polar surface area (TPSA) is 46.5 Å². The van der Waals surface area contributed by atoms with Crippen molar-refractivity contribution in [3.63, 3.8) is 0 Å². The molecule has 0 fully saturated rings. The van der Waals surface area contributed by atoms with Crippen LogP contribution in [-0.2, 0) is 0 Å². The van der Waals surface area contributed by atoms with Crippen molar-refractivity contribution < 1.29 is 14.6 Å². The molecule has 0 aliphatic heterocycles. The molecule has 34 heavy (non-hydrogen) atoms. The lowest BCUT2D eigenvalue weighted by molar-refractivity contribution is 0.0694. The number of carboxylic acid groups (broad SMARTS) is 1. The van der Waals surface area contributed by atoms with Crippen LogP contribution < -0.4 is 4.74 Å². The zero-order chi connectivity index (χ0) is 24.4. The summed E-state index contributed by atoms with van der Waals surface area (Å²) >= 11 is 0. The zero-order valence-electron chi connectivity index (χ0n) is 21.6. The molecule has 0 heterocycles. The van der Waals surface area contributed by atoms with Crippen molar-refractivity contribution in [2.45, 2.75) is 116 Å². The van der Waals surface area contributed by atoms with Crippen molar-refractivity contribution >= 4 is 5.97 Å². The lowest BCUT2D eigenvalue weighted by Crippen LogP contribution is -2.02. The molecule has 0 aromatic heterocycles. The number of benzene rings is 2. The molecule has 2 aromatic rings. The van der Waals surface area contributed by atoms with Gasteiger partial charge in [0, 0.05) is 0 Å². The molecule has 1 N–H and O–H groups in total. The smallest absolute Gasteiger partial charge is 0.339 e. The first-order chi connectivity index (χ1) is 16.6. The van der Waals surface area contributed by atoms with E-state index < -0.39 is 5.97 Å². The quantitative estimate of drug-likeness (QED) is 0.209. The lowest BCUT2D eigenvalue weighted by atomic mass is 9.93. The van der Waals surface area contributed by atoms with E-state index in [2.05, 4.69) is 19.9 Å².